The third-order valence-electron chi connectivity index (χ3n) is 4.80. The Morgan fingerprint density at radius 1 is 1.28 bits per heavy atom. The lowest BCUT2D eigenvalue weighted by Gasteiger charge is -2.32. The topological polar surface area (TPSA) is 44.1 Å². The molecule has 4 nitrogen and oxygen atoms in total. The molecule has 0 saturated heterocycles. The van der Waals surface area contributed by atoms with Crippen LogP contribution in [0, 0.1) is 0 Å². The molecule has 0 amide bonds. The van der Waals surface area contributed by atoms with Crippen LogP contribution in [-0.4, -0.2) is 21.1 Å². The highest BCUT2D eigenvalue weighted by molar-refractivity contribution is 5.87. The molecule has 2 rings (SSSR count). The molecular formula is C21H28N2O2. The smallest absolute Gasteiger partial charge is 0.357 e. The normalized spacial score (nSPS) is 12.6. The molecule has 0 saturated carbocycles. The van der Waals surface area contributed by atoms with Crippen LogP contribution in [0.3, 0.4) is 0 Å². The van der Waals surface area contributed by atoms with Crippen LogP contribution in [-0.2, 0) is 4.74 Å². The van der Waals surface area contributed by atoms with Crippen LogP contribution in [0.1, 0.15) is 69.1 Å². The number of imidazole rings is 1. The predicted octanol–water partition coefficient (Wildman–Crippen LogP) is 5.17. The molecule has 1 atom stereocenters. The number of rotatable bonds is 8. The van der Waals surface area contributed by atoms with Gasteiger partial charge in [0.25, 0.3) is 0 Å². The first-order valence-electron chi connectivity index (χ1n) is 8.87. The first kappa shape index (κ1) is 19.0. The van der Waals surface area contributed by atoms with Crippen molar-refractivity contribution < 1.29 is 9.53 Å². The minimum absolute atomic E-state index is 0.00467. The second-order valence-corrected chi connectivity index (χ2v) is 6.69. The van der Waals surface area contributed by atoms with E-state index in [1.54, 1.807) is 12.5 Å². The molecule has 1 heterocycles. The molecule has 1 aromatic carbocycles. The van der Waals surface area contributed by atoms with Crippen molar-refractivity contribution in [2.24, 2.45) is 0 Å². The molecule has 0 spiro atoms. The molecule has 2 aromatic rings. The Morgan fingerprint density at radius 3 is 2.48 bits per heavy atom. The van der Waals surface area contributed by atoms with Gasteiger partial charge in [-0.1, -0.05) is 56.3 Å². The van der Waals surface area contributed by atoms with Crippen molar-refractivity contribution in [3.05, 3.63) is 66.3 Å². The summed E-state index contributed by atoms with van der Waals surface area (Å²) in [7, 11) is 0. The number of carbonyl (C=O) groups is 1. The van der Waals surface area contributed by atoms with E-state index < -0.39 is 5.60 Å². The second kappa shape index (κ2) is 8.15. The number of ether oxygens (including phenoxy) is 1. The summed E-state index contributed by atoms with van der Waals surface area (Å²) in [4.78, 5) is 17.0. The van der Waals surface area contributed by atoms with E-state index in [-0.39, 0.29) is 12.0 Å². The van der Waals surface area contributed by atoms with E-state index in [1.807, 2.05) is 55.7 Å². The van der Waals surface area contributed by atoms with E-state index in [2.05, 4.69) is 18.5 Å². The number of aromatic nitrogens is 2. The van der Waals surface area contributed by atoms with Gasteiger partial charge in [-0.3, -0.25) is 0 Å². The Hall–Kier alpha value is -2.36. The van der Waals surface area contributed by atoms with E-state index in [0.29, 0.717) is 12.1 Å². The third-order valence-corrected chi connectivity index (χ3v) is 4.80. The summed E-state index contributed by atoms with van der Waals surface area (Å²) in [5.74, 6) is -0.328. The van der Waals surface area contributed by atoms with Crippen molar-refractivity contribution in [1.82, 2.24) is 9.55 Å². The van der Waals surface area contributed by atoms with E-state index in [1.165, 1.54) is 0 Å². The van der Waals surface area contributed by atoms with Gasteiger partial charge in [-0.05, 0) is 32.3 Å². The number of nitrogens with zero attached hydrogens (tertiary/aromatic N) is 2. The molecular weight excluding hydrogens is 312 g/mol. The zero-order valence-electron chi connectivity index (χ0n) is 15.7. The summed E-state index contributed by atoms with van der Waals surface area (Å²) >= 11 is 0. The molecule has 4 heteroatoms. The Balaban J connectivity index is 2.26. The molecule has 0 bridgehead atoms. The van der Waals surface area contributed by atoms with E-state index in [9.17, 15) is 4.79 Å². The zero-order chi connectivity index (χ0) is 18.4. The quantitative estimate of drug-likeness (QED) is 0.491. The lowest BCUT2D eigenvalue weighted by atomic mass is 9.90. The fourth-order valence-electron chi connectivity index (χ4n) is 3.14. The maximum atomic E-state index is 12.9. The van der Waals surface area contributed by atoms with Crippen LogP contribution in [0.2, 0.25) is 0 Å². The Morgan fingerprint density at radius 2 is 1.92 bits per heavy atom. The predicted molar refractivity (Wildman–Crippen MR) is 101 cm³/mol. The summed E-state index contributed by atoms with van der Waals surface area (Å²) in [6.07, 6.45) is 5.45. The lowest BCUT2D eigenvalue weighted by Crippen LogP contribution is -2.35. The maximum Gasteiger partial charge on any atom is 0.357 e. The van der Waals surface area contributed by atoms with Gasteiger partial charge in [-0.2, -0.15) is 0 Å². The molecule has 1 aromatic heterocycles. The van der Waals surface area contributed by atoms with Crippen LogP contribution in [0.5, 0.6) is 0 Å². The maximum absolute atomic E-state index is 12.9. The largest absolute Gasteiger partial charge is 0.454 e. The molecule has 134 valence electrons. The number of esters is 1. The number of hydrogen-bond donors (Lipinski definition) is 0. The van der Waals surface area contributed by atoms with Gasteiger partial charge in [0, 0.05) is 6.42 Å². The fourth-order valence-corrected chi connectivity index (χ4v) is 3.14. The molecule has 0 aliphatic carbocycles. The first-order valence-corrected chi connectivity index (χ1v) is 8.87. The van der Waals surface area contributed by atoms with Gasteiger partial charge >= 0.3 is 5.97 Å². The highest BCUT2D eigenvalue weighted by atomic mass is 16.6. The fraction of sp³-hybridized carbons (Fsp3) is 0.429. The Labute approximate surface area is 150 Å². The van der Waals surface area contributed by atoms with Crippen LogP contribution in [0.15, 0.2) is 55.0 Å². The molecule has 1 unspecified atom stereocenters. The van der Waals surface area contributed by atoms with E-state index >= 15 is 0 Å². The average molecular weight is 340 g/mol. The summed E-state index contributed by atoms with van der Waals surface area (Å²) in [6.45, 7) is 12.1. The second-order valence-electron chi connectivity index (χ2n) is 6.69. The summed E-state index contributed by atoms with van der Waals surface area (Å²) in [6, 6.07) is 10.1. The number of hydrogen-bond acceptors (Lipinski definition) is 3. The molecule has 25 heavy (non-hydrogen) atoms. The van der Waals surface area contributed by atoms with Crippen LogP contribution in [0.4, 0.5) is 0 Å². The average Bonchev–Trinajstić information content (AvgIpc) is 3.10. The van der Waals surface area contributed by atoms with Gasteiger partial charge in [0.15, 0.2) is 0 Å². The van der Waals surface area contributed by atoms with Gasteiger partial charge in [-0.15, -0.1) is 0 Å². The SMILES string of the molecule is C=C(C)CC(CC)(CC)OC(=O)c1cncn1C(C)c1ccccc1. The van der Waals surface area contributed by atoms with Crippen LogP contribution in [0.25, 0.3) is 0 Å². The summed E-state index contributed by atoms with van der Waals surface area (Å²) in [5, 5.41) is 0. The van der Waals surface area contributed by atoms with Crippen LogP contribution >= 0.6 is 0 Å². The molecule has 0 aliphatic heterocycles. The van der Waals surface area contributed by atoms with Crippen LogP contribution < -0.4 is 0 Å². The minimum Gasteiger partial charge on any atom is -0.454 e. The highest BCUT2D eigenvalue weighted by Gasteiger charge is 2.32. The van der Waals surface area contributed by atoms with Gasteiger partial charge in [-0.25, -0.2) is 9.78 Å². The summed E-state index contributed by atoms with van der Waals surface area (Å²) < 4.78 is 7.83. The first-order chi connectivity index (χ1) is 11.9. The van der Waals surface area contributed by atoms with Crippen molar-refractivity contribution in [3.8, 4) is 0 Å². The number of benzene rings is 1. The summed E-state index contributed by atoms with van der Waals surface area (Å²) in [5.41, 5.74) is 2.11. The van der Waals surface area contributed by atoms with Crippen molar-refractivity contribution in [3.63, 3.8) is 0 Å². The van der Waals surface area contributed by atoms with Crippen molar-refractivity contribution in [1.29, 1.82) is 0 Å². The van der Waals surface area contributed by atoms with Gasteiger partial charge in [0.1, 0.15) is 11.3 Å². The van der Waals surface area contributed by atoms with Gasteiger partial charge in [0.2, 0.25) is 0 Å². The molecule has 0 N–H and O–H groups in total. The molecule has 0 radical (unpaired) electrons. The molecule has 0 aliphatic rings. The van der Waals surface area contributed by atoms with Crippen molar-refractivity contribution in [2.75, 3.05) is 0 Å². The van der Waals surface area contributed by atoms with Crippen molar-refractivity contribution in [2.45, 2.75) is 58.6 Å². The third kappa shape index (κ3) is 4.38. The standard InChI is InChI=1S/C21H28N2O2/c1-6-21(7-2,13-16(3)4)25-20(24)19-14-22-15-23(19)17(5)18-11-9-8-10-12-18/h8-12,14-15,17H,3,6-7,13H2,1-2,4-5H3. The number of carbonyl (C=O) groups excluding carboxylic acids is 1. The molecule has 0 fully saturated rings. The Kier molecular flexibility index (Phi) is 6.18. The van der Waals surface area contributed by atoms with Gasteiger partial charge < -0.3 is 9.30 Å². The van der Waals surface area contributed by atoms with Gasteiger partial charge in [0.05, 0.1) is 18.6 Å². The van der Waals surface area contributed by atoms with Crippen molar-refractivity contribution >= 4 is 5.97 Å². The van der Waals surface area contributed by atoms with E-state index in [4.69, 9.17) is 4.74 Å². The zero-order valence-corrected chi connectivity index (χ0v) is 15.7. The highest BCUT2D eigenvalue weighted by Crippen LogP contribution is 2.30. The minimum atomic E-state index is -0.506. The van der Waals surface area contributed by atoms with E-state index in [0.717, 1.165) is 24.0 Å². The Bertz CT molecular complexity index is 715. The lowest BCUT2D eigenvalue weighted by molar-refractivity contribution is -0.0237. The monoisotopic (exact) mass is 340 g/mol.